The topological polar surface area (TPSA) is 17.3 Å². The minimum atomic E-state index is 0.647. The van der Waals surface area contributed by atoms with Gasteiger partial charge < -0.3 is 0 Å². The smallest absolute Gasteiger partial charge is 0.194 e. The van der Waals surface area contributed by atoms with Crippen LogP contribution < -0.4 is 0 Å². The molecule has 2 nitrogen and oxygen atoms in total. The lowest BCUT2D eigenvalue weighted by atomic mass is 10.1. The quantitative estimate of drug-likeness (QED) is 0.634. The molecule has 0 fully saturated rings. The SMILES string of the molecule is Cc1sc2nccn2c1-c1ccc(Cl)cc1Cl. The van der Waals surface area contributed by atoms with E-state index < -0.39 is 0 Å². The van der Waals surface area contributed by atoms with E-state index >= 15 is 0 Å². The molecule has 2 heterocycles. The van der Waals surface area contributed by atoms with Crippen molar-refractivity contribution in [2.75, 3.05) is 0 Å². The Morgan fingerprint density at radius 3 is 2.88 bits per heavy atom. The second kappa shape index (κ2) is 4.02. The fraction of sp³-hybridized carbons (Fsp3) is 0.0833. The lowest BCUT2D eigenvalue weighted by Gasteiger charge is -2.05. The van der Waals surface area contributed by atoms with Crippen LogP contribution in [0.25, 0.3) is 16.2 Å². The van der Waals surface area contributed by atoms with E-state index in [1.807, 2.05) is 18.3 Å². The summed E-state index contributed by atoms with van der Waals surface area (Å²) in [6.45, 7) is 2.07. The van der Waals surface area contributed by atoms with Crippen LogP contribution in [0.1, 0.15) is 4.88 Å². The van der Waals surface area contributed by atoms with Crippen molar-refractivity contribution in [2.45, 2.75) is 6.92 Å². The van der Waals surface area contributed by atoms with Crippen molar-refractivity contribution in [3.63, 3.8) is 0 Å². The summed E-state index contributed by atoms with van der Waals surface area (Å²) in [6, 6.07) is 5.56. The third-order valence-electron chi connectivity index (χ3n) is 2.61. The van der Waals surface area contributed by atoms with Crippen LogP contribution in [0.5, 0.6) is 0 Å². The van der Waals surface area contributed by atoms with Gasteiger partial charge >= 0.3 is 0 Å². The lowest BCUT2D eigenvalue weighted by Crippen LogP contribution is -1.87. The third-order valence-corrected chi connectivity index (χ3v) is 4.14. The van der Waals surface area contributed by atoms with Crippen molar-refractivity contribution in [1.29, 1.82) is 0 Å². The number of benzene rings is 1. The van der Waals surface area contributed by atoms with Gasteiger partial charge in [0.05, 0.1) is 10.7 Å². The zero-order valence-corrected chi connectivity index (χ0v) is 11.3. The van der Waals surface area contributed by atoms with Crippen molar-refractivity contribution in [1.82, 2.24) is 9.38 Å². The maximum Gasteiger partial charge on any atom is 0.194 e. The maximum atomic E-state index is 6.25. The van der Waals surface area contributed by atoms with E-state index in [1.54, 1.807) is 23.6 Å². The number of fused-ring (bicyclic) bond motifs is 1. The van der Waals surface area contributed by atoms with Crippen LogP contribution in [0.15, 0.2) is 30.6 Å². The Morgan fingerprint density at radius 2 is 2.12 bits per heavy atom. The summed E-state index contributed by atoms with van der Waals surface area (Å²) < 4.78 is 2.05. The molecule has 0 spiro atoms. The first-order chi connectivity index (χ1) is 8.16. The summed E-state index contributed by atoms with van der Waals surface area (Å²) in [5, 5.41) is 1.31. The maximum absolute atomic E-state index is 6.25. The minimum absolute atomic E-state index is 0.647. The second-order valence-electron chi connectivity index (χ2n) is 3.71. The van der Waals surface area contributed by atoms with Crippen molar-refractivity contribution in [2.24, 2.45) is 0 Å². The van der Waals surface area contributed by atoms with Gasteiger partial charge in [-0.25, -0.2) is 4.98 Å². The van der Waals surface area contributed by atoms with Crippen molar-refractivity contribution in [3.05, 3.63) is 45.5 Å². The molecule has 2 aromatic heterocycles. The first kappa shape index (κ1) is 11.1. The molecular weight excluding hydrogens is 275 g/mol. The van der Waals surface area contributed by atoms with Crippen molar-refractivity contribution < 1.29 is 0 Å². The van der Waals surface area contributed by atoms with Crippen LogP contribution in [0, 0.1) is 6.92 Å². The zero-order valence-electron chi connectivity index (χ0n) is 8.95. The van der Waals surface area contributed by atoms with E-state index in [2.05, 4.69) is 16.3 Å². The van der Waals surface area contributed by atoms with E-state index in [0.717, 1.165) is 16.2 Å². The standard InChI is InChI=1S/C12H8Cl2N2S/c1-7-11(16-5-4-15-12(16)17-7)9-3-2-8(13)6-10(9)14/h2-6H,1H3. The monoisotopic (exact) mass is 282 g/mol. The van der Waals surface area contributed by atoms with Gasteiger partial charge in [0.1, 0.15) is 0 Å². The molecule has 17 heavy (non-hydrogen) atoms. The predicted octanol–water partition coefficient (Wildman–Crippen LogP) is 4.68. The summed E-state index contributed by atoms with van der Waals surface area (Å²) in [7, 11) is 0. The molecule has 0 radical (unpaired) electrons. The Hall–Kier alpha value is -1.03. The van der Waals surface area contributed by atoms with Gasteiger partial charge in [-0.05, 0) is 25.1 Å². The highest BCUT2D eigenvalue weighted by molar-refractivity contribution is 7.17. The Bertz CT molecular complexity index is 700. The summed E-state index contributed by atoms with van der Waals surface area (Å²) >= 11 is 13.8. The molecule has 86 valence electrons. The van der Waals surface area contributed by atoms with Crippen LogP contribution in [0.3, 0.4) is 0 Å². The number of aryl methyl sites for hydroxylation is 1. The van der Waals surface area contributed by atoms with Gasteiger partial charge in [0.25, 0.3) is 0 Å². The van der Waals surface area contributed by atoms with E-state index in [1.165, 1.54) is 4.88 Å². The number of rotatable bonds is 1. The van der Waals surface area contributed by atoms with Crippen molar-refractivity contribution in [3.8, 4) is 11.3 Å². The van der Waals surface area contributed by atoms with Crippen LogP contribution in [0.2, 0.25) is 10.0 Å². The fourth-order valence-corrected chi connectivity index (χ4v) is 3.33. The predicted molar refractivity (Wildman–Crippen MR) is 73.3 cm³/mol. The number of halogens is 2. The molecule has 0 saturated carbocycles. The summed E-state index contributed by atoms with van der Waals surface area (Å²) in [5.74, 6) is 0. The first-order valence-electron chi connectivity index (χ1n) is 5.04. The molecule has 0 aliphatic carbocycles. The molecule has 0 bridgehead atoms. The Balaban J connectivity index is 2.33. The Labute approximate surface area is 112 Å². The van der Waals surface area contributed by atoms with Gasteiger partial charge in [0.15, 0.2) is 4.96 Å². The number of hydrogen-bond donors (Lipinski definition) is 0. The van der Waals surface area contributed by atoms with Gasteiger partial charge in [-0.3, -0.25) is 4.40 Å². The summed E-state index contributed by atoms with van der Waals surface area (Å²) in [5.41, 5.74) is 2.07. The van der Waals surface area contributed by atoms with Gasteiger partial charge in [-0.1, -0.05) is 23.2 Å². The number of nitrogens with zero attached hydrogens (tertiary/aromatic N) is 2. The molecule has 5 heteroatoms. The average molecular weight is 283 g/mol. The van der Waals surface area contributed by atoms with Gasteiger partial charge in [-0.2, -0.15) is 0 Å². The lowest BCUT2D eigenvalue weighted by molar-refractivity contribution is 1.22. The Kier molecular flexibility index (Phi) is 2.62. The number of imidazole rings is 1. The van der Waals surface area contributed by atoms with E-state index in [-0.39, 0.29) is 0 Å². The molecule has 0 saturated heterocycles. The van der Waals surface area contributed by atoms with Gasteiger partial charge in [-0.15, -0.1) is 11.3 Å². The molecule has 0 amide bonds. The summed E-state index contributed by atoms with van der Waals surface area (Å²) in [4.78, 5) is 6.45. The normalized spacial score (nSPS) is 11.2. The minimum Gasteiger partial charge on any atom is -0.290 e. The van der Waals surface area contributed by atoms with Crippen LogP contribution >= 0.6 is 34.5 Å². The van der Waals surface area contributed by atoms with Gasteiger partial charge in [0, 0.05) is 27.9 Å². The summed E-state index contributed by atoms with van der Waals surface area (Å²) in [6.07, 6.45) is 3.73. The fourth-order valence-electron chi connectivity index (χ4n) is 1.89. The number of hydrogen-bond acceptors (Lipinski definition) is 2. The second-order valence-corrected chi connectivity index (χ2v) is 5.74. The molecule has 3 aromatic rings. The molecule has 0 aliphatic heterocycles. The van der Waals surface area contributed by atoms with Crippen LogP contribution in [-0.2, 0) is 0 Å². The highest BCUT2D eigenvalue weighted by Gasteiger charge is 2.14. The molecular formula is C12H8Cl2N2S. The van der Waals surface area contributed by atoms with Gasteiger partial charge in [0.2, 0.25) is 0 Å². The molecule has 0 aliphatic rings. The molecule has 0 N–H and O–H groups in total. The highest BCUT2D eigenvalue weighted by atomic mass is 35.5. The van der Waals surface area contributed by atoms with E-state index in [9.17, 15) is 0 Å². The molecule has 0 unspecified atom stereocenters. The Morgan fingerprint density at radius 1 is 1.29 bits per heavy atom. The van der Waals surface area contributed by atoms with Crippen molar-refractivity contribution >= 4 is 39.5 Å². The third kappa shape index (κ3) is 1.75. The number of aromatic nitrogens is 2. The molecule has 3 rings (SSSR count). The van der Waals surface area contributed by atoms with Crippen LogP contribution in [0.4, 0.5) is 0 Å². The molecule has 1 aromatic carbocycles. The highest BCUT2D eigenvalue weighted by Crippen LogP contribution is 2.35. The first-order valence-corrected chi connectivity index (χ1v) is 6.62. The largest absolute Gasteiger partial charge is 0.290 e. The van der Waals surface area contributed by atoms with Crippen LogP contribution in [-0.4, -0.2) is 9.38 Å². The van der Waals surface area contributed by atoms with E-state index in [0.29, 0.717) is 10.0 Å². The van der Waals surface area contributed by atoms with E-state index in [4.69, 9.17) is 23.2 Å². The zero-order chi connectivity index (χ0) is 12.0. The number of thiazole rings is 1. The molecule has 0 atom stereocenters. The average Bonchev–Trinajstić information content (AvgIpc) is 2.79.